The van der Waals surface area contributed by atoms with Gasteiger partial charge in [-0.05, 0) is 48.4 Å². The number of esters is 1. The Morgan fingerprint density at radius 2 is 1.82 bits per heavy atom. The second-order valence-electron chi connectivity index (χ2n) is 5.98. The molecule has 7 heteroatoms. The Bertz CT molecular complexity index is 936. The van der Waals surface area contributed by atoms with Crippen molar-refractivity contribution in [2.45, 2.75) is 19.4 Å². The van der Waals surface area contributed by atoms with Crippen molar-refractivity contribution in [1.29, 1.82) is 0 Å². The molecule has 3 rings (SSSR count). The molecule has 1 heterocycles. The van der Waals surface area contributed by atoms with Crippen LogP contribution < -0.4 is 9.47 Å². The highest BCUT2D eigenvalue weighted by molar-refractivity contribution is 5.69. The maximum absolute atomic E-state index is 13.0. The minimum absolute atomic E-state index is 0.0635. The van der Waals surface area contributed by atoms with Crippen LogP contribution in [0, 0.1) is 5.82 Å². The van der Waals surface area contributed by atoms with Crippen LogP contribution in [0.3, 0.4) is 0 Å². The zero-order chi connectivity index (χ0) is 19.9. The van der Waals surface area contributed by atoms with E-state index in [9.17, 15) is 9.18 Å². The molecule has 0 spiro atoms. The molecule has 0 atom stereocenters. The molecule has 6 nitrogen and oxygen atoms in total. The minimum Gasteiger partial charge on any atom is -0.493 e. The van der Waals surface area contributed by atoms with Crippen LogP contribution in [0.15, 0.2) is 53.1 Å². The fourth-order valence-electron chi connectivity index (χ4n) is 2.62. The zero-order valence-electron chi connectivity index (χ0n) is 15.6. The highest BCUT2D eigenvalue weighted by Crippen LogP contribution is 2.28. The summed E-state index contributed by atoms with van der Waals surface area (Å²) in [6.07, 6.45) is 2.23. The summed E-state index contributed by atoms with van der Waals surface area (Å²) in [6.45, 7) is -0.0635. The number of hydrogen-bond donors (Lipinski definition) is 0. The summed E-state index contributed by atoms with van der Waals surface area (Å²) in [5, 5.41) is 0. The summed E-state index contributed by atoms with van der Waals surface area (Å²) in [4.78, 5) is 16.1. The molecule has 3 aromatic rings. The van der Waals surface area contributed by atoms with Gasteiger partial charge in [0, 0.05) is 12.0 Å². The first-order chi connectivity index (χ1) is 13.6. The van der Waals surface area contributed by atoms with Gasteiger partial charge in [0.05, 0.1) is 20.4 Å². The summed E-state index contributed by atoms with van der Waals surface area (Å²) in [5.74, 6) is 1.31. The molecule has 28 heavy (non-hydrogen) atoms. The largest absolute Gasteiger partial charge is 0.493 e. The van der Waals surface area contributed by atoms with Gasteiger partial charge in [0.2, 0.25) is 5.89 Å². The zero-order valence-corrected chi connectivity index (χ0v) is 15.6. The topological polar surface area (TPSA) is 70.8 Å². The van der Waals surface area contributed by atoms with E-state index in [0.717, 1.165) is 5.56 Å². The van der Waals surface area contributed by atoms with Gasteiger partial charge in [-0.15, -0.1) is 0 Å². The second kappa shape index (κ2) is 9.03. The summed E-state index contributed by atoms with van der Waals surface area (Å²) in [6, 6.07) is 11.4. The maximum atomic E-state index is 13.0. The monoisotopic (exact) mass is 385 g/mol. The number of oxazole rings is 1. The molecule has 146 valence electrons. The van der Waals surface area contributed by atoms with Gasteiger partial charge < -0.3 is 18.6 Å². The van der Waals surface area contributed by atoms with Crippen molar-refractivity contribution in [3.63, 3.8) is 0 Å². The van der Waals surface area contributed by atoms with Crippen LogP contribution in [0.1, 0.15) is 17.9 Å². The number of rotatable bonds is 8. The predicted octanol–water partition coefficient (Wildman–Crippen LogP) is 4.17. The summed E-state index contributed by atoms with van der Waals surface area (Å²) in [7, 11) is 3.13. The van der Waals surface area contributed by atoms with E-state index in [-0.39, 0.29) is 30.7 Å². The lowest BCUT2D eigenvalue weighted by Gasteiger charge is -2.09. The van der Waals surface area contributed by atoms with Crippen molar-refractivity contribution >= 4 is 5.97 Å². The summed E-state index contributed by atoms with van der Waals surface area (Å²) < 4.78 is 34.2. The summed E-state index contributed by atoms with van der Waals surface area (Å²) in [5.41, 5.74) is 1.63. The van der Waals surface area contributed by atoms with Crippen molar-refractivity contribution in [2.24, 2.45) is 0 Å². The Balaban J connectivity index is 1.50. The molecular formula is C21H20FNO5. The van der Waals surface area contributed by atoms with Gasteiger partial charge in [-0.25, -0.2) is 9.37 Å². The lowest BCUT2D eigenvalue weighted by atomic mass is 10.1. The SMILES string of the molecule is COc1ccc(CCC(=O)OCc2ncc(-c3ccc(F)cc3)o2)cc1OC. The number of halogens is 1. The van der Waals surface area contributed by atoms with Gasteiger partial charge in [-0.1, -0.05) is 6.07 Å². The second-order valence-corrected chi connectivity index (χ2v) is 5.98. The third kappa shape index (κ3) is 4.88. The third-order valence-corrected chi connectivity index (χ3v) is 4.10. The van der Waals surface area contributed by atoms with Crippen LogP contribution >= 0.6 is 0 Å². The van der Waals surface area contributed by atoms with Crippen LogP contribution in [-0.2, 0) is 22.6 Å². The number of hydrogen-bond acceptors (Lipinski definition) is 6. The van der Waals surface area contributed by atoms with E-state index in [1.807, 2.05) is 12.1 Å². The number of benzene rings is 2. The molecule has 0 amide bonds. The third-order valence-electron chi connectivity index (χ3n) is 4.10. The number of methoxy groups -OCH3 is 2. The maximum Gasteiger partial charge on any atom is 0.306 e. The molecule has 1 aromatic heterocycles. The van der Waals surface area contributed by atoms with Gasteiger partial charge in [-0.3, -0.25) is 4.79 Å². The number of aromatic nitrogens is 1. The van der Waals surface area contributed by atoms with E-state index in [2.05, 4.69) is 4.98 Å². The Morgan fingerprint density at radius 1 is 1.07 bits per heavy atom. The Morgan fingerprint density at radius 3 is 2.54 bits per heavy atom. The number of carbonyl (C=O) groups excluding carboxylic acids is 1. The van der Waals surface area contributed by atoms with E-state index in [4.69, 9.17) is 18.6 Å². The predicted molar refractivity (Wildman–Crippen MR) is 99.6 cm³/mol. The Hall–Kier alpha value is -3.35. The molecular weight excluding hydrogens is 365 g/mol. The quantitative estimate of drug-likeness (QED) is 0.542. The molecule has 0 aliphatic rings. The smallest absolute Gasteiger partial charge is 0.306 e. The van der Waals surface area contributed by atoms with E-state index in [1.54, 1.807) is 32.4 Å². The van der Waals surface area contributed by atoms with E-state index >= 15 is 0 Å². The highest BCUT2D eigenvalue weighted by Gasteiger charge is 2.11. The molecule has 0 radical (unpaired) electrons. The standard InChI is InChI=1S/C21H20FNO5/c1-25-17-9-3-14(11-18(17)26-2)4-10-21(24)27-13-20-23-12-19(28-20)15-5-7-16(22)8-6-15/h3,5-9,11-12H,4,10,13H2,1-2H3. The molecule has 0 saturated carbocycles. The molecule has 0 bridgehead atoms. The fraction of sp³-hybridized carbons (Fsp3) is 0.238. The molecule has 0 saturated heterocycles. The van der Waals surface area contributed by atoms with Gasteiger partial charge in [0.1, 0.15) is 5.82 Å². The van der Waals surface area contributed by atoms with Gasteiger partial charge in [-0.2, -0.15) is 0 Å². The molecule has 0 fully saturated rings. The Labute approximate surface area is 161 Å². The van der Waals surface area contributed by atoms with E-state index in [0.29, 0.717) is 29.2 Å². The Kier molecular flexibility index (Phi) is 6.26. The lowest BCUT2D eigenvalue weighted by molar-refractivity contribution is -0.145. The number of aryl methyl sites for hydroxylation is 1. The molecule has 0 unspecified atom stereocenters. The lowest BCUT2D eigenvalue weighted by Crippen LogP contribution is -2.06. The van der Waals surface area contributed by atoms with E-state index in [1.165, 1.54) is 18.3 Å². The average molecular weight is 385 g/mol. The van der Waals surface area contributed by atoms with E-state index < -0.39 is 0 Å². The fourth-order valence-corrected chi connectivity index (χ4v) is 2.62. The molecule has 0 aliphatic heterocycles. The normalized spacial score (nSPS) is 10.5. The van der Waals surface area contributed by atoms with Gasteiger partial charge in [0.25, 0.3) is 0 Å². The van der Waals surface area contributed by atoms with Gasteiger partial charge in [0.15, 0.2) is 23.9 Å². The first-order valence-corrected chi connectivity index (χ1v) is 8.66. The first kappa shape index (κ1) is 19.4. The number of nitrogens with zero attached hydrogens (tertiary/aromatic N) is 1. The van der Waals surface area contributed by atoms with Crippen molar-refractivity contribution in [2.75, 3.05) is 14.2 Å². The van der Waals surface area contributed by atoms with Crippen LogP contribution in [0.25, 0.3) is 11.3 Å². The number of carbonyl (C=O) groups is 1. The van der Waals surface area contributed by atoms with Crippen LogP contribution in [0.4, 0.5) is 4.39 Å². The molecule has 0 N–H and O–H groups in total. The van der Waals surface area contributed by atoms with Crippen molar-refractivity contribution in [3.05, 3.63) is 65.9 Å². The number of ether oxygens (including phenoxy) is 3. The van der Waals surface area contributed by atoms with Crippen LogP contribution in [0.2, 0.25) is 0 Å². The van der Waals surface area contributed by atoms with Gasteiger partial charge >= 0.3 is 5.97 Å². The van der Waals surface area contributed by atoms with Crippen molar-refractivity contribution < 1.29 is 27.8 Å². The van der Waals surface area contributed by atoms with Crippen LogP contribution in [0.5, 0.6) is 11.5 Å². The van der Waals surface area contributed by atoms with Crippen LogP contribution in [-0.4, -0.2) is 25.2 Å². The average Bonchev–Trinajstić information content (AvgIpc) is 3.20. The highest BCUT2D eigenvalue weighted by atomic mass is 19.1. The summed E-state index contributed by atoms with van der Waals surface area (Å²) >= 11 is 0. The van der Waals surface area contributed by atoms with Crippen molar-refractivity contribution in [1.82, 2.24) is 4.98 Å². The molecule has 0 aliphatic carbocycles. The first-order valence-electron chi connectivity index (χ1n) is 8.66. The van der Waals surface area contributed by atoms with Crippen molar-refractivity contribution in [3.8, 4) is 22.8 Å². The molecule has 2 aromatic carbocycles. The minimum atomic E-state index is -0.365.